The van der Waals surface area contributed by atoms with Crippen molar-refractivity contribution in [2.45, 2.75) is 19.8 Å². The van der Waals surface area contributed by atoms with E-state index in [1.807, 2.05) is 0 Å². The topological polar surface area (TPSA) is 6.48 Å². The molecule has 2 heteroatoms. The minimum Gasteiger partial charge on any atom is -0.308 e. The summed E-state index contributed by atoms with van der Waals surface area (Å²) in [6.07, 6.45) is 2.83. The summed E-state index contributed by atoms with van der Waals surface area (Å²) in [5.41, 5.74) is 0. The Balaban J connectivity index is 2.14. The molecule has 0 radical (unpaired) electrons. The molecule has 1 fully saturated rings. The van der Waals surface area contributed by atoms with Gasteiger partial charge in [0.2, 0.25) is 0 Å². The molecule has 0 aliphatic carbocycles. The first-order valence-electron chi connectivity index (χ1n) is 5.05. The van der Waals surface area contributed by atoms with Gasteiger partial charge in [0.05, 0.1) is 0 Å². The molecule has 0 aromatic rings. The molecular formula is C10H22N2. The van der Waals surface area contributed by atoms with Crippen molar-refractivity contribution < 1.29 is 0 Å². The summed E-state index contributed by atoms with van der Waals surface area (Å²) >= 11 is 0. The Morgan fingerprint density at radius 2 is 2.17 bits per heavy atom. The third kappa shape index (κ3) is 3.55. The molecule has 0 amide bonds. The summed E-state index contributed by atoms with van der Waals surface area (Å²) in [5, 5.41) is 0. The van der Waals surface area contributed by atoms with E-state index >= 15 is 0 Å². The Hall–Kier alpha value is -0.0800. The van der Waals surface area contributed by atoms with Gasteiger partial charge in [-0.05, 0) is 39.4 Å². The molecule has 1 aliphatic rings. The van der Waals surface area contributed by atoms with Crippen molar-refractivity contribution >= 4 is 0 Å². The second kappa shape index (κ2) is 4.83. The van der Waals surface area contributed by atoms with Crippen LogP contribution in [0.3, 0.4) is 0 Å². The summed E-state index contributed by atoms with van der Waals surface area (Å²) in [4.78, 5) is 4.85. The van der Waals surface area contributed by atoms with Crippen LogP contribution in [0.4, 0.5) is 0 Å². The summed E-state index contributed by atoms with van der Waals surface area (Å²) in [5.74, 6) is 0.918. The molecule has 0 aromatic carbocycles. The normalized spacial score (nSPS) is 26.5. The lowest BCUT2D eigenvalue weighted by Gasteiger charge is -2.31. The molecule has 0 saturated carbocycles. The van der Waals surface area contributed by atoms with Crippen LogP contribution in [-0.2, 0) is 0 Å². The number of hydrogen-bond acceptors (Lipinski definition) is 2. The van der Waals surface area contributed by atoms with Gasteiger partial charge in [-0.25, -0.2) is 0 Å². The molecule has 12 heavy (non-hydrogen) atoms. The molecule has 2 nitrogen and oxygen atoms in total. The molecule has 0 bridgehead atoms. The SMILES string of the molecule is CC1CCCN(CCN(C)C)C1. The second-order valence-electron chi connectivity index (χ2n) is 4.35. The van der Waals surface area contributed by atoms with E-state index < -0.39 is 0 Å². The van der Waals surface area contributed by atoms with E-state index in [2.05, 4.69) is 30.8 Å². The van der Waals surface area contributed by atoms with Gasteiger partial charge in [0.15, 0.2) is 0 Å². The van der Waals surface area contributed by atoms with Crippen molar-refractivity contribution in [3.63, 3.8) is 0 Å². The van der Waals surface area contributed by atoms with Crippen molar-refractivity contribution in [1.82, 2.24) is 9.80 Å². The van der Waals surface area contributed by atoms with E-state index in [1.165, 1.54) is 39.0 Å². The zero-order valence-corrected chi connectivity index (χ0v) is 8.71. The maximum Gasteiger partial charge on any atom is 0.0109 e. The van der Waals surface area contributed by atoms with E-state index in [-0.39, 0.29) is 0 Å². The van der Waals surface area contributed by atoms with Gasteiger partial charge in [0.25, 0.3) is 0 Å². The maximum atomic E-state index is 2.59. The fraction of sp³-hybridized carbons (Fsp3) is 1.00. The quantitative estimate of drug-likeness (QED) is 0.629. The standard InChI is InChI=1S/C10H22N2/c1-10-5-4-6-12(9-10)8-7-11(2)3/h10H,4-9H2,1-3H3. The van der Waals surface area contributed by atoms with Crippen LogP contribution in [0, 0.1) is 5.92 Å². The lowest BCUT2D eigenvalue weighted by atomic mass is 10.0. The van der Waals surface area contributed by atoms with Crippen molar-refractivity contribution in [3.8, 4) is 0 Å². The number of likely N-dealkylation sites (tertiary alicyclic amines) is 1. The van der Waals surface area contributed by atoms with Crippen LogP contribution in [0.25, 0.3) is 0 Å². The molecule has 0 N–H and O–H groups in total. The average molecular weight is 170 g/mol. The van der Waals surface area contributed by atoms with Gasteiger partial charge in [-0.2, -0.15) is 0 Å². The maximum absolute atomic E-state index is 2.59. The minimum atomic E-state index is 0.918. The first-order chi connectivity index (χ1) is 5.68. The first-order valence-corrected chi connectivity index (χ1v) is 5.05. The van der Waals surface area contributed by atoms with Crippen molar-refractivity contribution in [3.05, 3.63) is 0 Å². The third-order valence-electron chi connectivity index (χ3n) is 2.60. The van der Waals surface area contributed by atoms with E-state index in [0.717, 1.165) is 5.92 Å². The molecular weight excluding hydrogens is 148 g/mol. The Labute approximate surface area is 76.5 Å². The molecule has 1 saturated heterocycles. The summed E-state index contributed by atoms with van der Waals surface area (Å²) < 4.78 is 0. The summed E-state index contributed by atoms with van der Waals surface area (Å²) in [6.45, 7) is 7.44. The largest absolute Gasteiger partial charge is 0.308 e. The predicted molar refractivity (Wildman–Crippen MR) is 53.4 cm³/mol. The number of likely N-dealkylation sites (N-methyl/N-ethyl adjacent to an activating group) is 1. The van der Waals surface area contributed by atoms with Crippen molar-refractivity contribution in [1.29, 1.82) is 0 Å². The highest BCUT2D eigenvalue weighted by Gasteiger charge is 2.15. The first kappa shape index (κ1) is 10.0. The van der Waals surface area contributed by atoms with Gasteiger partial charge < -0.3 is 9.80 Å². The third-order valence-corrected chi connectivity index (χ3v) is 2.60. The lowest BCUT2D eigenvalue weighted by molar-refractivity contribution is 0.170. The monoisotopic (exact) mass is 170 g/mol. The van der Waals surface area contributed by atoms with E-state index in [4.69, 9.17) is 0 Å². The molecule has 1 heterocycles. The van der Waals surface area contributed by atoms with Gasteiger partial charge in [-0.15, -0.1) is 0 Å². The van der Waals surface area contributed by atoms with Crippen molar-refractivity contribution in [2.75, 3.05) is 40.3 Å². The van der Waals surface area contributed by atoms with Crippen LogP contribution in [0.15, 0.2) is 0 Å². The van der Waals surface area contributed by atoms with Gasteiger partial charge in [-0.3, -0.25) is 0 Å². The predicted octanol–water partition coefficient (Wildman–Crippen LogP) is 1.28. The highest BCUT2D eigenvalue weighted by atomic mass is 15.2. The van der Waals surface area contributed by atoms with E-state index in [0.29, 0.717) is 0 Å². The number of hydrogen-bond donors (Lipinski definition) is 0. The van der Waals surface area contributed by atoms with Crippen LogP contribution in [0.5, 0.6) is 0 Å². The van der Waals surface area contributed by atoms with Gasteiger partial charge in [-0.1, -0.05) is 6.92 Å². The Morgan fingerprint density at radius 1 is 1.42 bits per heavy atom. The van der Waals surface area contributed by atoms with E-state index in [9.17, 15) is 0 Å². The molecule has 1 atom stereocenters. The second-order valence-corrected chi connectivity index (χ2v) is 4.35. The highest BCUT2D eigenvalue weighted by Crippen LogP contribution is 2.14. The highest BCUT2D eigenvalue weighted by molar-refractivity contribution is 4.70. The van der Waals surface area contributed by atoms with Crippen LogP contribution >= 0.6 is 0 Å². The average Bonchev–Trinajstić information content (AvgIpc) is 2.01. The Kier molecular flexibility index (Phi) is 4.02. The minimum absolute atomic E-state index is 0.918. The van der Waals surface area contributed by atoms with Gasteiger partial charge >= 0.3 is 0 Å². The van der Waals surface area contributed by atoms with Crippen LogP contribution in [0.2, 0.25) is 0 Å². The molecule has 0 spiro atoms. The smallest absolute Gasteiger partial charge is 0.0109 e. The van der Waals surface area contributed by atoms with Crippen LogP contribution < -0.4 is 0 Å². The van der Waals surface area contributed by atoms with Crippen molar-refractivity contribution in [2.24, 2.45) is 5.92 Å². The zero-order valence-electron chi connectivity index (χ0n) is 8.71. The molecule has 1 rings (SSSR count). The number of piperidine rings is 1. The van der Waals surface area contributed by atoms with Gasteiger partial charge in [0, 0.05) is 19.6 Å². The summed E-state index contributed by atoms with van der Waals surface area (Å²) in [6, 6.07) is 0. The lowest BCUT2D eigenvalue weighted by Crippen LogP contribution is -2.38. The van der Waals surface area contributed by atoms with Gasteiger partial charge in [0.1, 0.15) is 0 Å². The molecule has 72 valence electrons. The number of nitrogens with zero attached hydrogens (tertiary/aromatic N) is 2. The summed E-state index contributed by atoms with van der Waals surface area (Å²) in [7, 11) is 4.29. The fourth-order valence-corrected chi connectivity index (χ4v) is 1.83. The molecule has 1 aliphatic heterocycles. The number of rotatable bonds is 3. The Morgan fingerprint density at radius 3 is 2.75 bits per heavy atom. The van der Waals surface area contributed by atoms with Crippen LogP contribution in [0.1, 0.15) is 19.8 Å². The molecule has 0 aromatic heterocycles. The molecule has 1 unspecified atom stereocenters. The Bertz CT molecular complexity index is 123. The fourth-order valence-electron chi connectivity index (χ4n) is 1.83. The van der Waals surface area contributed by atoms with E-state index in [1.54, 1.807) is 0 Å². The zero-order chi connectivity index (χ0) is 8.97. The van der Waals surface area contributed by atoms with Crippen LogP contribution in [-0.4, -0.2) is 50.1 Å².